The summed E-state index contributed by atoms with van der Waals surface area (Å²) in [5.74, 6) is -0.315. The van der Waals surface area contributed by atoms with Crippen LogP contribution in [0.1, 0.15) is 35.8 Å². The predicted molar refractivity (Wildman–Crippen MR) is 156 cm³/mol. The molecule has 0 saturated carbocycles. The summed E-state index contributed by atoms with van der Waals surface area (Å²) in [7, 11) is -7.00. The van der Waals surface area contributed by atoms with Gasteiger partial charge >= 0.3 is 0 Å². The normalized spacial score (nSPS) is 12.8. The maximum absolute atomic E-state index is 12.3. The molecule has 40 heavy (non-hydrogen) atoms. The van der Waals surface area contributed by atoms with E-state index in [2.05, 4.69) is 33.1 Å². The van der Waals surface area contributed by atoms with Crippen LogP contribution in [-0.4, -0.2) is 48.3 Å². The van der Waals surface area contributed by atoms with E-state index in [9.17, 15) is 16.8 Å². The van der Waals surface area contributed by atoms with Gasteiger partial charge in [0.2, 0.25) is 30.0 Å². The highest BCUT2D eigenvalue weighted by Gasteiger charge is 2.25. The number of aromatic nitrogens is 4. The molecular weight excluding hydrogens is 544 g/mol. The maximum Gasteiger partial charge on any atom is 0.247 e. The van der Waals surface area contributed by atoms with Gasteiger partial charge in [0.05, 0.1) is 11.5 Å². The maximum atomic E-state index is 12.3. The Labute approximate surface area is 236 Å². The summed E-state index contributed by atoms with van der Waals surface area (Å²) in [6.07, 6.45) is 10.4. The fraction of sp³-hybridized carbons (Fsp3) is 0.200. The van der Waals surface area contributed by atoms with Gasteiger partial charge in [0.15, 0.2) is 0 Å². The highest BCUT2D eigenvalue weighted by atomic mass is 32.2. The van der Waals surface area contributed by atoms with Crippen LogP contribution in [0, 0.1) is 0 Å². The van der Waals surface area contributed by atoms with Crippen LogP contribution in [0.4, 0.5) is 0 Å². The Morgan fingerprint density at radius 1 is 0.550 bits per heavy atom. The van der Waals surface area contributed by atoms with E-state index in [-0.39, 0.29) is 33.7 Å². The van der Waals surface area contributed by atoms with Crippen LogP contribution in [-0.2, 0) is 19.7 Å². The van der Waals surface area contributed by atoms with Crippen LogP contribution in [0.5, 0.6) is 0 Å². The van der Waals surface area contributed by atoms with Crippen molar-refractivity contribution in [2.75, 3.05) is 11.5 Å². The van der Waals surface area contributed by atoms with E-state index in [4.69, 9.17) is 0 Å². The molecule has 0 aliphatic heterocycles. The molecule has 10 heteroatoms. The second-order valence-electron chi connectivity index (χ2n) is 8.89. The zero-order chi connectivity index (χ0) is 28.8. The molecule has 2 aromatic heterocycles. The first-order valence-corrected chi connectivity index (χ1v) is 15.9. The van der Waals surface area contributed by atoms with E-state index in [1.807, 2.05) is 60.7 Å². The minimum Gasteiger partial charge on any atom is -0.227 e. The lowest BCUT2D eigenvalue weighted by molar-refractivity contribution is 0.577. The fourth-order valence-electron chi connectivity index (χ4n) is 4.02. The van der Waals surface area contributed by atoms with Crippen LogP contribution in [0.3, 0.4) is 0 Å². The summed E-state index contributed by atoms with van der Waals surface area (Å²) in [6.45, 7) is 7.41. The molecular formula is C30H32N4O4S2. The second-order valence-corrected chi connectivity index (χ2v) is 12.7. The highest BCUT2D eigenvalue weighted by molar-refractivity contribution is 7.91. The number of nitrogens with zero attached hydrogens (tertiary/aromatic N) is 4. The lowest BCUT2D eigenvalue weighted by Gasteiger charge is -2.15. The van der Waals surface area contributed by atoms with Gasteiger partial charge in [-0.3, -0.25) is 0 Å². The smallest absolute Gasteiger partial charge is 0.227 e. The van der Waals surface area contributed by atoms with Gasteiger partial charge in [0, 0.05) is 36.6 Å². The first-order chi connectivity index (χ1) is 19.3. The summed E-state index contributed by atoms with van der Waals surface area (Å²) >= 11 is 0. The number of hydrogen-bond donors (Lipinski definition) is 0. The van der Waals surface area contributed by atoms with Crippen LogP contribution < -0.4 is 0 Å². The molecule has 2 atom stereocenters. The fourth-order valence-corrected chi connectivity index (χ4v) is 6.92. The second kappa shape index (κ2) is 14.9. The monoisotopic (exact) mass is 576 g/mol. The molecule has 8 nitrogen and oxygen atoms in total. The molecule has 0 bridgehead atoms. The van der Waals surface area contributed by atoms with Gasteiger partial charge < -0.3 is 0 Å². The van der Waals surface area contributed by atoms with Gasteiger partial charge in [-0.2, -0.15) is 0 Å². The molecule has 208 valence electrons. The first-order valence-electron chi connectivity index (χ1n) is 12.6. The van der Waals surface area contributed by atoms with Gasteiger partial charge in [-0.15, -0.1) is 13.2 Å². The third kappa shape index (κ3) is 9.03. The molecule has 0 aliphatic carbocycles. The number of sulfone groups is 2. The minimum absolute atomic E-state index is 0.0208. The lowest BCUT2D eigenvalue weighted by Crippen LogP contribution is -2.17. The standard InChI is InChI=1S/2C15H16N2O2S/c2*1-2-7-14(13-8-4-3-5-9-13)12-20(18,19)15-16-10-6-11-17-15/h2*2-6,8-11,14H,1,7,12H2/t2*14-/m10/s1. The number of benzene rings is 2. The van der Waals surface area contributed by atoms with Crippen LogP contribution >= 0.6 is 0 Å². The number of rotatable bonds is 12. The van der Waals surface area contributed by atoms with E-state index < -0.39 is 19.7 Å². The summed E-state index contributed by atoms with van der Waals surface area (Å²) in [6, 6.07) is 22.3. The van der Waals surface area contributed by atoms with E-state index in [0.717, 1.165) is 11.1 Å². The van der Waals surface area contributed by atoms with Crippen LogP contribution in [0.2, 0.25) is 0 Å². The topological polar surface area (TPSA) is 120 Å². The molecule has 2 heterocycles. The van der Waals surface area contributed by atoms with Crippen molar-refractivity contribution in [3.8, 4) is 0 Å². The van der Waals surface area contributed by atoms with Gasteiger partial charge in [0.1, 0.15) is 0 Å². The van der Waals surface area contributed by atoms with Crippen molar-refractivity contribution < 1.29 is 16.8 Å². The molecule has 0 N–H and O–H groups in total. The molecule has 4 aromatic rings. The minimum atomic E-state index is -3.50. The first kappa shape index (κ1) is 30.5. The van der Waals surface area contributed by atoms with Crippen molar-refractivity contribution >= 4 is 19.7 Å². The van der Waals surface area contributed by atoms with Crippen molar-refractivity contribution in [3.05, 3.63) is 134 Å². The molecule has 0 amide bonds. The number of allylic oxidation sites excluding steroid dienone is 2. The molecule has 4 rings (SSSR count). The lowest BCUT2D eigenvalue weighted by atomic mass is 9.98. The van der Waals surface area contributed by atoms with Gasteiger partial charge in [0.25, 0.3) is 0 Å². The van der Waals surface area contributed by atoms with E-state index in [1.165, 1.54) is 24.8 Å². The summed E-state index contributed by atoms with van der Waals surface area (Å²) < 4.78 is 49.3. The Morgan fingerprint density at radius 3 is 1.18 bits per heavy atom. The summed E-state index contributed by atoms with van der Waals surface area (Å²) in [5, 5.41) is -0.241. The van der Waals surface area contributed by atoms with Crippen LogP contribution in [0.25, 0.3) is 0 Å². The predicted octanol–water partition coefficient (Wildman–Crippen LogP) is 5.22. The van der Waals surface area contributed by atoms with Crippen molar-refractivity contribution in [2.45, 2.75) is 35.0 Å². The van der Waals surface area contributed by atoms with Gasteiger partial charge in [-0.05, 0) is 36.1 Å². The molecule has 0 fully saturated rings. The Bertz CT molecular complexity index is 1430. The molecule has 0 aliphatic rings. The average molecular weight is 577 g/mol. The SMILES string of the molecule is C=CC[C@@H](CS(=O)(=O)c1ncccn1)c1ccccc1.C=CC[C@H](CS(=O)(=O)c1ncccn1)c1ccccc1. The molecule has 0 spiro atoms. The third-order valence-corrected chi connectivity index (χ3v) is 9.14. The molecule has 2 aromatic carbocycles. The van der Waals surface area contributed by atoms with E-state index in [0.29, 0.717) is 12.8 Å². The number of hydrogen-bond acceptors (Lipinski definition) is 8. The largest absolute Gasteiger partial charge is 0.247 e. The Balaban J connectivity index is 0.000000220. The molecule has 0 saturated heterocycles. The quantitative estimate of drug-likeness (QED) is 0.166. The third-order valence-electron chi connectivity index (χ3n) is 5.93. The van der Waals surface area contributed by atoms with Crippen molar-refractivity contribution in [3.63, 3.8) is 0 Å². The van der Waals surface area contributed by atoms with E-state index >= 15 is 0 Å². The van der Waals surface area contributed by atoms with Crippen molar-refractivity contribution in [1.82, 2.24) is 19.9 Å². The van der Waals surface area contributed by atoms with E-state index in [1.54, 1.807) is 24.3 Å². The Kier molecular flexibility index (Phi) is 11.4. The summed E-state index contributed by atoms with van der Waals surface area (Å²) in [4.78, 5) is 15.3. The highest BCUT2D eigenvalue weighted by Crippen LogP contribution is 2.25. The van der Waals surface area contributed by atoms with Gasteiger partial charge in [-0.1, -0.05) is 72.8 Å². The van der Waals surface area contributed by atoms with Crippen molar-refractivity contribution in [1.29, 1.82) is 0 Å². The average Bonchev–Trinajstić information content (AvgIpc) is 2.99. The van der Waals surface area contributed by atoms with Crippen LogP contribution in [0.15, 0.2) is 133 Å². The Morgan fingerprint density at radius 2 is 0.875 bits per heavy atom. The zero-order valence-electron chi connectivity index (χ0n) is 22.0. The van der Waals surface area contributed by atoms with Gasteiger partial charge in [-0.25, -0.2) is 36.8 Å². The summed E-state index contributed by atoms with van der Waals surface area (Å²) in [5.41, 5.74) is 1.96. The Hall–Kier alpha value is -4.02. The zero-order valence-corrected chi connectivity index (χ0v) is 23.7. The van der Waals surface area contributed by atoms with Crippen molar-refractivity contribution in [2.24, 2.45) is 0 Å². The molecule has 0 unspecified atom stereocenters. The molecule has 0 radical (unpaired) electrons.